The lowest BCUT2D eigenvalue weighted by Gasteiger charge is -2.42. The van der Waals surface area contributed by atoms with Crippen molar-refractivity contribution in [3.8, 4) is 0 Å². The van der Waals surface area contributed by atoms with Crippen LogP contribution >= 0.6 is 0 Å². The van der Waals surface area contributed by atoms with Gasteiger partial charge in [0.05, 0.1) is 11.6 Å². The molecule has 0 aromatic heterocycles. The number of β-amino-alcohol motifs (C(OH)–C–C–N with tert-alkyl or cyclic N) is 1. The SMILES string of the molecule is OC1(C2CCc3ccccc3N2)CCCNC1. The second-order valence-corrected chi connectivity index (χ2v) is 5.28. The summed E-state index contributed by atoms with van der Waals surface area (Å²) in [7, 11) is 0. The van der Waals surface area contributed by atoms with Gasteiger partial charge >= 0.3 is 0 Å². The third-order valence-corrected chi connectivity index (χ3v) is 4.09. The van der Waals surface area contributed by atoms with E-state index in [1.165, 1.54) is 11.3 Å². The molecule has 1 fully saturated rings. The van der Waals surface area contributed by atoms with E-state index in [0.29, 0.717) is 6.54 Å². The van der Waals surface area contributed by atoms with Crippen LogP contribution in [-0.2, 0) is 6.42 Å². The van der Waals surface area contributed by atoms with Gasteiger partial charge in [0.2, 0.25) is 0 Å². The van der Waals surface area contributed by atoms with E-state index >= 15 is 0 Å². The third kappa shape index (κ3) is 2.05. The number of aryl methyl sites for hydroxylation is 1. The molecule has 92 valence electrons. The van der Waals surface area contributed by atoms with Gasteiger partial charge in [0.25, 0.3) is 0 Å². The van der Waals surface area contributed by atoms with Crippen LogP contribution in [0.25, 0.3) is 0 Å². The first-order valence-corrected chi connectivity index (χ1v) is 6.55. The quantitative estimate of drug-likeness (QED) is 0.688. The summed E-state index contributed by atoms with van der Waals surface area (Å²) in [5.74, 6) is 0. The molecule has 0 amide bonds. The minimum Gasteiger partial charge on any atom is -0.386 e. The van der Waals surface area contributed by atoms with Crippen molar-refractivity contribution < 1.29 is 5.11 Å². The highest BCUT2D eigenvalue weighted by Gasteiger charge is 2.39. The summed E-state index contributed by atoms with van der Waals surface area (Å²) in [4.78, 5) is 0. The van der Waals surface area contributed by atoms with Gasteiger partial charge in [0.15, 0.2) is 0 Å². The van der Waals surface area contributed by atoms with Crippen LogP contribution in [0.4, 0.5) is 5.69 Å². The second kappa shape index (κ2) is 4.31. The Labute approximate surface area is 102 Å². The minimum atomic E-state index is -0.578. The van der Waals surface area contributed by atoms with Gasteiger partial charge in [-0.25, -0.2) is 0 Å². The molecule has 3 heteroatoms. The lowest BCUT2D eigenvalue weighted by Crippen LogP contribution is -2.57. The fraction of sp³-hybridized carbons (Fsp3) is 0.571. The van der Waals surface area contributed by atoms with Crippen LogP contribution in [0.5, 0.6) is 0 Å². The second-order valence-electron chi connectivity index (χ2n) is 5.28. The molecule has 1 saturated heterocycles. The van der Waals surface area contributed by atoms with E-state index in [1.807, 2.05) is 0 Å². The summed E-state index contributed by atoms with van der Waals surface area (Å²) in [6.07, 6.45) is 4.06. The molecule has 0 radical (unpaired) electrons. The van der Waals surface area contributed by atoms with Crippen molar-refractivity contribution in [2.24, 2.45) is 0 Å². The number of benzene rings is 1. The number of para-hydroxylation sites is 1. The molecule has 0 bridgehead atoms. The van der Waals surface area contributed by atoms with Crippen molar-refractivity contribution in [1.29, 1.82) is 0 Å². The van der Waals surface area contributed by atoms with Crippen molar-refractivity contribution in [1.82, 2.24) is 5.32 Å². The molecule has 2 aliphatic heterocycles. The molecule has 0 aliphatic carbocycles. The van der Waals surface area contributed by atoms with Crippen LogP contribution in [0.3, 0.4) is 0 Å². The van der Waals surface area contributed by atoms with E-state index in [1.54, 1.807) is 0 Å². The van der Waals surface area contributed by atoms with Crippen molar-refractivity contribution in [3.63, 3.8) is 0 Å². The van der Waals surface area contributed by atoms with Gasteiger partial charge in [0, 0.05) is 12.2 Å². The summed E-state index contributed by atoms with van der Waals surface area (Å²) in [5, 5.41) is 17.5. The number of piperidine rings is 1. The zero-order chi connectivity index (χ0) is 11.7. The molecule has 2 unspecified atom stereocenters. The predicted octanol–water partition coefficient (Wildman–Crippen LogP) is 1.53. The highest BCUT2D eigenvalue weighted by atomic mass is 16.3. The maximum atomic E-state index is 10.7. The van der Waals surface area contributed by atoms with Crippen molar-refractivity contribution in [3.05, 3.63) is 29.8 Å². The van der Waals surface area contributed by atoms with Gasteiger partial charge in [-0.1, -0.05) is 18.2 Å². The van der Waals surface area contributed by atoms with Crippen LogP contribution < -0.4 is 10.6 Å². The Kier molecular flexibility index (Phi) is 2.81. The van der Waals surface area contributed by atoms with Crippen LogP contribution in [0.1, 0.15) is 24.8 Å². The minimum absolute atomic E-state index is 0.185. The van der Waals surface area contributed by atoms with E-state index < -0.39 is 5.60 Å². The number of rotatable bonds is 1. The Morgan fingerprint density at radius 3 is 3.00 bits per heavy atom. The van der Waals surface area contributed by atoms with E-state index in [-0.39, 0.29) is 6.04 Å². The molecule has 3 nitrogen and oxygen atoms in total. The average molecular weight is 232 g/mol. The number of hydrogen-bond acceptors (Lipinski definition) is 3. The smallest absolute Gasteiger partial charge is 0.0971 e. The molecular weight excluding hydrogens is 212 g/mol. The summed E-state index contributed by atoms with van der Waals surface area (Å²) in [6.45, 7) is 1.75. The summed E-state index contributed by atoms with van der Waals surface area (Å²) >= 11 is 0. The van der Waals surface area contributed by atoms with Gasteiger partial charge in [-0.05, 0) is 43.9 Å². The highest BCUT2D eigenvalue weighted by Crippen LogP contribution is 2.32. The van der Waals surface area contributed by atoms with Crippen LogP contribution in [0.2, 0.25) is 0 Å². The molecule has 1 aromatic rings. The lowest BCUT2D eigenvalue weighted by molar-refractivity contribution is -0.00424. The standard InChI is InChI=1S/C14H20N2O/c17-14(8-3-9-15-10-14)13-7-6-11-4-1-2-5-12(11)16-13/h1-2,4-5,13,15-17H,3,6-10H2. The molecule has 0 spiro atoms. The fourth-order valence-corrected chi connectivity index (χ4v) is 3.05. The average Bonchev–Trinajstić information content (AvgIpc) is 2.39. The maximum absolute atomic E-state index is 10.7. The monoisotopic (exact) mass is 232 g/mol. The summed E-state index contributed by atoms with van der Waals surface area (Å²) in [5.41, 5.74) is 1.99. The Morgan fingerprint density at radius 1 is 1.29 bits per heavy atom. The molecular formula is C14H20N2O. The first-order chi connectivity index (χ1) is 8.28. The van der Waals surface area contributed by atoms with Gasteiger partial charge in [0.1, 0.15) is 0 Å². The van der Waals surface area contributed by atoms with Crippen molar-refractivity contribution in [2.75, 3.05) is 18.4 Å². The summed E-state index contributed by atoms with van der Waals surface area (Å²) < 4.78 is 0. The number of aliphatic hydroxyl groups is 1. The Balaban J connectivity index is 1.79. The van der Waals surface area contributed by atoms with Crippen LogP contribution in [-0.4, -0.2) is 29.8 Å². The van der Waals surface area contributed by atoms with E-state index in [4.69, 9.17) is 0 Å². The normalized spacial score (nSPS) is 32.6. The molecule has 1 aromatic carbocycles. The Morgan fingerprint density at radius 2 is 2.18 bits per heavy atom. The number of fused-ring (bicyclic) bond motifs is 1. The molecule has 2 aliphatic rings. The number of nitrogens with one attached hydrogen (secondary N) is 2. The molecule has 2 heterocycles. The van der Waals surface area contributed by atoms with Gasteiger partial charge in [-0.2, -0.15) is 0 Å². The van der Waals surface area contributed by atoms with Crippen molar-refractivity contribution in [2.45, 2.75) is 37.3 Å². The molecule has 3 rings (SSSR count). The number of hydrogen-bond donors (Lipinski definition) is 3. The van der Waals surface area contributed by atoms with Gasteiger partial charge in [-0.3, -0.25) is 0 Å². The zero-order valence-corrected chi connectivity index (χ0v) is 10.1. The predicted molar refractivity (Wildman–Crippen MR) is 69.2 cm³/mol. The first kappa shape index (κ1) is 11.1. The maximum Gasteiger partial charge on any atom is 0.0971 e. The van der Waals surface area contributed by atoms with Crippen LogP contribution in [0.15, 0.2) is 24.3 Å². The molecule has 17 heavy (non-hydrogen) atoms. The Bertz CT molecular complexity index is 399. The van der Waals surface area contributed by atoms with Crippen molar-refractivity contribution >= 4 is 5.69 Å². The Hall–Kier alpha value is -1.06. The third-order valence-electron chi connectivity index (χ3n) is 4.09. The number of anilines is 1. The zero-order valence-electron chi connectivity index (χ0n) is 10.1. The topological polar surface area (TPSA) is 44.3 Å². The summed E-state index contributed by atoms with van der Waals surface area (Å²) in [6, 6.07) is 8.60. The highest BCUT2D eigenvalue weighted by molar-refractivity contribution is 5.54. The van der Waals surface area contributed by atoms with E-state index in [0.717, 1.165) is 32.2 Å². The van der Waals surface area contributed by atoms with E-state index in [2.05, 4.69) is 34.9 Å². The van der Waals surface area contributed by atoms with Crippen LogP contribution in [0, 0.1) is 0 Å². The largest absolute Gasteiger partial charge is 0.386 e. The fourth-order valence-electron chi connectivity index (χ4n) is 3.05. The molecule has 3 N–H and O–H groups in total. The lowest BCUT2D eigenvalue weighted by atomic mass is 9.81. The van der Waals surface area contributed by atoms with Gasteiger partial charge < -0.3 is 15.7 Å². The van der Waals surface area contributed by atoms with Gasteiger partial charge in [-0.15, -0.1) is 0 Å². The first-order valence-electron chi connectivity index (χ1n) is 6.55. The molecule has 2 atom stereocenters. The van der Waals surface area contributed by atoms with E-state index in [9.17, 15) is 5.11 Å². The molecule has 0 saturated carbocycles.